The largest absolute Gasteiger partial charge is 0.508 e. The number of phenols is 1. The van der Waals surface area contributed by atoms with E-state index < -0.39 is 0 Å². The van der Waals surface area contributed by atoms with Gasteiger partial charge in [-0.15, -0.1) is 0 Å². The maximum atomic E-state index is 9.22. The van der Waals surface area contributed by atoms with Crippen LogP contribution < -0.4 is 5.32 Å². The Hall–Kier alpha value is -1.02. The van der Waals surface area contributed by atoms with Crippen molar-refractivity contribution >= 4 is 0 Å². The number of nitrogens with one attached hydrogen (secondary N) is 1. The molecule has 1 rings (SSSR count). The number of hydrogen-bond acceptors (Lipinski definition) is 2. The zero-order valence-corrected chi connectivity index (χ0v) is 10.7. The lowest BCUT2D eigenvalue weighted by atomic mass is 9.90. The van der Waals surface area contributed by atoms with Gasteiger partial charge in [-0.1, -0.05) is 32.9 Å². The average molecular weight is 221 g/mol. The lowest BCUT2D eigenvalue weighted by molar-refractivity contribution is 0.314. The van der Waals surface area contributed by atoms with Gasteiger partial charge in [0, 0.05) is 12.6 Å². The normalized spacial score (nSPS) is 13.8. The van der Waals surface area contributed by atoms with Crippen LogP contribution in [0.1, 0.15) is 45.7 Å². The summed E-state index contributed by atoms with van der Waals surface area (Å²) in [4.78, 5) is 0. The number of aromatic hydroxyl groups is 1. The molecule has 0 aliphatic rings. The van der Waals surface area contributed by atoms with Crippen LogP contribution in [0.15, 0.2) is 24.3 Å². The van der Waals surface area contributed by atoms with Crippen molar-refractivity contribution in [2.75, 3.05) is 6.54 Å². The molecule has 1 aromatic rings. The van der Waals surface area contributed by atoms with E-state index in [-0.39, 0.29) is 0 Å². The lowest BCUT2D eigenvalue weighted by Gasteiger charge is -2.26. The fourth-order valence-corrected chi connectivity index (χ4v) is 1.44. The highest BCUT2D eigenvalue weighted by Crippen LogP contribution is 2.21. The van der Waals surface area contributed by atoms with Crippen molar-refractivity contribution in [3.8, 4) is 5.75 Å². The molecule has 1 atom stereocenters. The topological polar surface area (TPSA) is 32.3 Å². The Labute approximate surface area is 98.7 Å². The first kappa shape index (κ1) is 13.0. The summed E-state index contributed by atoms with van der Waals surface area (Å²) < 4.78 is 0. The van der Waals surface area contributed by atoms with Gasteiger partial charge in [-0.25, -0.2) is 0 Å². The van der Waals surface area contributed by atoms with Crippen molar-refractivity contribution < 1.29 is 5.11 Å². The molecule has 2 nitrogen and oxygen atoms in total. The minimum atomic E-state index is 0.324. The molecule has 2 heteroatoms. The van der Waals surface area contributed by atoms with E-state index in [9.17, 15) is 5.11 Å². The van der Waals surface area contributed by atoms with E-state index in [1.54, 1.807) is 12.1 Å². The summed E-state index contributed by atoms with van der Waals surface area (Å²) in [5.41, 5.74) is 1.55. The van der Waals surface area contributed by atoms with Gasteiger partial charge in [-0.05, 0) is 36.5 Å². The van der Waals surface area contributed by atoms with Crippen molar-refractivity contribution in [2.45, 2.75) is 40.2 Å². The van der Waals surface area contributed by atoms with Crippen LogP contribution in [0.2, 0.25) is 0 Å². The molecule has 0 amide bonds. The molecule has 1 aromatic carbocycles. The zero-order chi connectivity index (χ0) is 12.2. The molecule has 0 saturated carbocycles. The Balaban J connectivity index is 2.53. The molecular weight excluding hydrogens is 198 g/mol. The quantitative estimate of drug-likeness (QED) is 0.798. The zero-order valence-electron chi connectivity index (χ0n) is 10.7. The Bertz CT molecular complexity index is 316. The number of rotatable bonds is 5. The van der Waals surface area contributed by atoms with Gasteiger partial charge in [0.2, 0.25) is 0 Å². The van der Waals surface area contributed by atoms with Crippen molar-refractivity contribution in [2.24, 2.45) is 5.41 Å². The van der Waals surface area contributed by atoms with Crippen LogP contribution in [-0.2, 0) is 0 Å². The molecule has 1 unspecified atom stereocenters. The van der Waals surface area contributed by atoms with Gasteiger partial charge < -0.3 is 10.4 Å². The standard InChI is InChI=1S/C14H23NO/c1-5-14(3,4)10-15-11(2)12-6-8-13(16)9-7-12/h6-9,11,15-16H,5,10H2,1-4H3. The third-order valence-corrected chi connectivity index (χ3v) is 3.24. The van der Waals surface area contributed by atoms with Crippen LogP contribution in [0.5, 0.6) is 5.75 Å². The van der Waals surface area contributed by atoms with Crippen molar-refractivity contribution in [1.29, 1.82) is 0 Å². The molecule has 90 valence electrons. The second-order valence-electron chi connectivity index (χ2n) is 5.21. The van der Waals surface area contributed by atoms with E-state index >= 15 is 0 Å². The second-order valence-corrected chi connectivity index (χ2v) is 5.21. The van der Waals surface area contributed by atoms with E-state index in [1.807, 2.05) is 12.1 Å². The summed E-state index contributed by atoms with van der Waals surface area (Å²) in [5.74, 6) is 0.324. The first-order valence-corrected chi connectivity index (χ1v) is 5.97. The summed E-state index contributed by atoms with van der Waals surface area (Å²) in [6.07, 6.45) is 1.17. The highest BCUT2D eigenvalue weighted by Gasteiger charge is 2.16. The number of benzene rings is 1. The number of phenolic OH excluding ortho intramolecular Hbond substituents is 1. The Morgan fingerprint density at radius 2 is 1.81 bits per heavy atom. The molecule has 16 heavy (non-hydrogen) atoms. The summed E-state index contributed by atoms with van der Waals surface area (Å²) in [5, 5.41) is 12.7. The van der Waals surface area contributed by atoms with E-state index in [4.69, 9.17) is 0 Å². The van der Waals surface area contributed by atoms with Crippen LogP contribution in [0, 0.1) is 5.41 Å². The smallest absolute Gasteiger partial charge is 0.115 e. The maximum Gasteiger partial charge on any atom is 0.115 e. The lowest BCUT2D eigenvalue weighted by Crippen LogP contribution is -2.30. The number of hydrogen-bond donors (Lipinski definition) is 2. The van der Waals surface area contributed by atoms with Crippen LogP contribution in [0.3, 0.4) is 0 Å². The first-order chi connectivity index (χ1) is 7.44. The Morgan fingerprint density at radius 3 is 2.31 bits per heavy atom. The fourth-order valence-electron chi connectivity index (χ4n) is 1.44. The predicted molar refractivity (Wildman–Crippen MR) is 68.6 cm³/mol. The summed E-state index contributed by atoms with van der Waals surface area (Å²) in [6, 6.07) is 7.72. The van der Waals surface area contributed by atoms with Gasteiger partial charge in [0.25, 0.3) is 0 Å². The monoisotopic (exact) mass is 221 g/mol. The molecule has 0 spiro atoms. The molecule has 2 N–H and O–H groups in total. The molecule has 0 radical (unpaired) electrons. The molecule has 0 bridgehead atoms. The van der Waals surface area contributed by atoms with Gasteiger partial charge in [-0.3, -0.25) is 0 Å². The summed E-state index contributed by atoms with van der Waals surface area (Å²) in [6.45, 7) is 9.91. The van der Waals surface area contributed by atoms with Gasteiger partial charge in [0.05, 0.1) is 0 Å². The van der Waals surface area contributed by atoms with E-state index in [1.165, 1.54) is 12.0 Å². The van der Waals surface area contributed by atoms with Gasteiger partial charge in [0.1, 0.15) is 5.75 Å². The van der Waals surface area contributed by atoms with Crippen LogP contribution in [-0.4, -0.2) is 11.7 Å². The van der Waals surface area contributed by atoms with Gasteiger partial charge in [-0.2, -0.15) is 0 Å². The van der Waals surface area contributed by atoms with Gasteiger partial charge in [0.15, 0.2) is 0 Å². The minimum Gasteiger partial charge on any atom is -0.508 e. The second kappa shape index (κ2) is 5.35. The molecule has 0 aromatic heterocycles. The molecule has 0 aliphatic heterocycles. The predicted octanol–water partition coefficient (Wildman–Crippen LogP) is 3.48. The van der Waals surface area contributed by atoms with E-state index in [0.717, 1.165) is 6.54 Å². The average Bonchev–Trinajstić information content (AvgIpc) is 2.27. The third-order valence-electron chi connectivity index (χ3n) is 3.24. The SMILES string of the molecule is CCC(C)(C)CNC(C)c1ccc(O)cc1. The van der Waals surface area contributed by atoms with Crippen LogP contribution in [0.4, 0.5) is 0 Å². The molecule has 0 heterocycles. The minimum absolute atomic E-state index is 0.324. The highest BCUT2D eigenvalue weighted by molar-refractivity contribution is 5.27. The van der Waals surface area contributed by atoms with Crippen molar-refractivity contribution in [1.82, 2.24) is 5.32 Å². The summed E-state index contributed by atoms with van der Waals surface area (Å²) in [7, 11) is 0. The third kappa shape index (κ3) is 3.86. The Kier molecular flexibility index (Phi) is 4.36. The first-order valence-electron chi connectivity index (χ1n) is 5.97. The molecule has 0 aliphatic carbocycles. The van der Waals surface area contributed by atoms with E-state index in [0.29, 0.717) is 17.2 Å². The van der Waals surface area contributed by atoms with Crippen molar-refractivity contribution in [3.63, 3.8) is 0 Å². The maximum absolute atomic E-state index is 9.22. The highest BCUT2D eigenvalue weighted by atomic mass is 16.3. The van der Waals surface area contributed by atoms with Crippen LogP contribution >= 0.6 is 0 Å². The van der Waals surface area contributed by atoms with Gasteiger partial charge >= 0.3 is 0 Å². The Morgan fingerprint density at radius 1 is 1.25 bits per heavy atom. The van der Waals surface area contributed by atoms with Crippen molar-refractivity contribution in [3.05, 3.63) is 29.8 Å². The van der Waals surface area contributed by atoms with E-state index in [2.05, 4.69) is 33.0 Å². The van der Waals surface area contributed by atoms with Crippen LogP contribution in [0.25, 0.3) is 0 Å². The molecular formula is C14H23NO. The summed E-state index contributed by atoms with van der Waals surface area (Å²) >= 11 is 0. The molecule has 0 saturated heterocycles. The molecule has 0 fully saturated rings. The fraction of sp³-hybridized carbons (Fsp3) is 0.571.